The van der Waals surface area contributed by atoms with Crippen molar-refractivity contribution < 1.29 is 0 Å². The number of nitrogens with zero attached hydrogens (tertiary/aromatic N) is 2. The number of aromatic amines is 1. The Morgan fingerprint density at radius 1 is 1.39 bits per heavy atom. The molecule has 4 rings (SSSR count). The number of fused-ring (bicyclic) bond motifs is 3. The van der Waals surface area contributed by atoms with Crippen molar-refractivity contribution in [2.24, 2.45) is 5.92 Å². The Balaban J connectivity index is 1.45. The summed E-state index contributed by atoms with van der Waals surface area (Å²) in [5.41, 5.74) is 2.47. The number of hydrogen-bond acceptors (Lipinski definition) is 3. The molecule has 1 aromatic carbocycles. The van der Waals surface area contributed by atoms with E-state index < -0.39 is 0 Å². The van der Waals surface area contributed by atoms with Crippen molar-refractivity contribution in [3.63, 3.8) is 0 Å². The van der Waals surface area contributed by atoms with Gasteiger partial charge in [0, 0.05) is 31.1 Å². The van der Waals surface area contributed by atoms with E-state index in [0.29, 0.717) is 6.04 Å². The standard InChI is InChI=1S/C14H18N4/c1-2-11-7-16-17-13(11)5-10(1)6-15-14-9-18-4-3-12(14)8-18/h1-2,5,7,12,14-15H,3-4,6,8-9H2,(H,16,17). The van der Waals surface area contributed by atoms with Crippen LogP contribution >= 0.6 is 0 Å². The number of piperidine rings is 1. The lowest BCUT2D eigenvalue weighted by atomic mass is 10.00. The van der Waals surface area contributed by atoms with Crippen LogP contribution in [0.3, 0.4) is 0 Å². The summed E-state index contributed by atoms with van der Waals surface area (Å²) >= 11 is 0. The average molecular weight is 242 g/mol. The molecule has 2 bridgehead atoms. The van der Waals surface area contributed by atoms with Gasteiger partial charge in [-0.15, -0.1) is 0 Å². The van der Waals surface area contributed by atoms with E-state index in [1.165, 1.54) is 37.0 Å². The van der Waals surface area contributed by atoms with Gasteiger partial charge in [-0.3, -0.25) is 5.10 Å². The van der Waals surface area contributed by atoms with Gasteiger partial charge in [0.1, 0.15) is 0 Å². The molecule has 2 saturated heterocycles. The fourth-order valence-electron chi connectivity index (χ4n) is 3.36. The third-order valence-corrected chi connectivity index (χ3v) is 4.41. The molecule has 2 aliphatic heterocycles. The van der Waals surface area contributed by atoms with Gasteiger partial charge in [-0.1, -0.05) is 12.1 Å². The molecule has 0 spiro atoms. The number of H-pyrrole nitrogens is 1. The van der Waals surface area contributed by atoms with Crippen molar-refractivity contribution in [3.8, 4) is 0 Å². The second-order valence-corrected chi connectivity index (χ2v) is 5.59. The first kappa shape index (κ1) is 10.5. The first-order valence-electron chi connectivity index (χ1n) is 6.76. The summed E-state index contributed by atoms with van der Waals surface area (Å²) in [5, 5.41) is 12.0. The molecule has 3 heterocycles. The summed E-state index contributed by atoms with van der Waals surface area (Å²) in [7, 11) is 0. The van der Waals surface area contributed by atoms with Gasteiger partial charge in [0.25, 0.3) is 0 Å². The summed E-state index contributed by atoms with van der Waals surface area (Å²) < 4.78 is 0. The molecule has 0 radical (unpaired) electrons. The predicted molar refractivity (Wildman–Crippen MR) is 71.3 cm³/mol. The van der Waals surface area contributed by atoms with Crippen molar-refractivity contribution in [2.75, 3.05) is 19.6 Å². The van der Waals surface area contributed by atoms with Crippen LogP contribution in [0.4, 0.5) is 0 Å². The molecule has 18 heavy (non-hydrogen) atoms. The van der Waals surface area contributed by atoms with Gasteiger partial charge in [-0.2, -0.15) is 5.10 Å². The van der Waals surface area contributed by atoms with E-state index in [9.17, 15) is 0 Å². The molecule has 0 aliphatic carbocycles. The summed E-state index contributed by atoms with van der Waals surface area (Å²) in [6.45, 7) is 4.81. The van der Waals surface area contributed by atoms with Crippen LogP contribution in [0, 0.1) is 5.92 Å². The van der Waals surface area contributed by atoms with Crippen molar-refractivity contribution in [3.05, 3.63) is 30.0 Å². The average Bonchev–Trinajstić information content (AvgIpc) is 3.11. The highest BCUT2D eigenvalue weighted by Gasteiger charge is 2.37. The van der Waals surface area contributed by atoms with Crippen LogP contribution in [0.25, 0.3) is 10.9 Å². The van der Waals surface area contributed by atoms with Gasteiger partial charge in [0.2, 0.25) is 0 Å². The SMILES string of the molecule is c1cc2cn[nH]c2cc1CNC1CN2CCC1C2. The van der Waals surface area contributed by atoms with Crippen LogP contribution in [0.2, 0.25) is 0 Å². The summed E-state index contributed by atoms with van der Waals surface area (Å²) in [6, 6.07) is 7.22. The molecular weight excluding hydrogens is 224 g/mol. The Hall–Kier alpha value is -1.39. The summed E-state index contributed by atoms with van der Waals surface area (Å²) in [4.78, 5) is 2.57. The van der Waals surface area contributed by atoms with Gasteiger partial charge >= 0.3 is 0 Å². The number of aromatic nitrogens is 2. The van der Waals surface area contributed by atoms with Crippen LogP contribution in [0.15, 0.2) is 24.4 Å². The van der Waals surface area contributed by atoms with Gasteiger partial charge in [-0.05, 0) is 30.5 Å². The number of hydrogen-bond donors (Lipinski definition) is 2. The lowest BCUT2D eigenvalue weighted by Gasteiger charge is -2.23. The fraction of sp³-hybridized carbons (Fsp3) is 0.500. The zero-order valence-corrected chi connectivity index (χ0v) is 10.4. The number of rotatable bonds is 3. The molecule has 4 heteroatoms. The maximum absolute atomic E-state index is 4.06. The molecule has 2 fully saturated rings. The molecule has 0 amide bonds. The van der Waals surface area contributed by atoms with Gasteiger partial charge in [0.15, 0.2) is 0 Å². The van der Waals surface area contributed by atoms with E-state index in [1.807, 2.05) is 6.20 Å². The van der Waals surface area contributed by atoms with Gasteiger partial charge in [-0.25, -0.2) is 0 Å². The predicted octanol–water partition coefficient (Wildman–Crippen LogP) is 1.36. The molecule has 4 nitrogen and oxygen atoms in total. The van der Waals surface area contributed by atoms with Crippen molar-refractivity contribution >= 4 is 10.9 Å². The second-order valence-electron chi connectivity index (χ2n) is 5.59. The van der Waals surface area contributed by atoms with E-state index in [2.05, 4.69) is 38.6 Å². The van der Waals surface area contributed by atoms with E-state index in [1.54, 1.807) is 0 Å². The molecule has 0 saturated carbocycles. The quantitative estimate of drug-likeness (QED) is 0.854. The second kappa shape index (κ2) is 4.07. The Morgan fingerprint density at radius 3 is 3.22 bits per heavy atom. The molecule has 2 N–H and O–H groups in total. The fourth-order valence-corrected chi connectivity index (χ4v) is 3.36. The molecule has 3 unspecified atom stereocenters. The van der Waals surface area contributed by atoms with Gasteiger partial charge < -0.3 is 10.2 Å². The number of nitrogens with one attached hydrogen (secondary N) is 2. The highest BCUT2D eigenvalue weighted by atomic mass is 15.2. The third kappa shape index (κ3) is 1.72. The Morgan fingerprint density at radius 2 is 2.39 bits per heavy atom. The molecular formula is C14H18N4. The molecule has 1 aromatic heterocycles. The maximum Gasteiger partial charge on any atom is 0.0653 e. The van der Waals surface area contributed by atoms with Crippen molar-refractivity contribution in [1.29, 1.82) is 0 Å². The van der Waals surface area contributed by atoms with E-state index in [-0.39, 0.29) is 0 Å². The summed E-state index contributed by atoms with van der Waals surface area (Å²) in [6.07, 6.45) is 3.24. The van der Waals surface area contributed by atoms with Crippen molar-refractivity contribution in [1.82, 2.24) is 20.4 Å². The first-order valence-corrected chi connectivity index (χ1v) is 6.76. The highest BCUT2D eigenvalue weighted by molar-refractivity contribution is 5.78. The molecule has 2 aliphatic rings. The Labute approximate surface area is 106 Å². The molecule has 3 atom stereocenters. The Kier molecular flexibility index (Phi) is 2.38. The molecule has 2 aromatic rings. The normalized spacial score (nSPS) is 30.3. The van der Waals surface area contributed by atoms with Gasteiger partial charge in [0.05, 0.1) is 11.7 Å². The third-order valence-electron chi connectivity index (χ3n) is 4.41. The Bertz CT molecular complexity index is 562. The number of benzene rings is 1. The van der Waals surface area contributed by atoms with Crippen LogP contribution in [0.1, 0.15) is 12.0 Å². The van der Waals surface area contributed by atoms with Crippen molar-refractivity contribution in [2.45, 2.75) is 19.0 Å². The zero-order chi connectivity index (χ0) is 11.9. The van der Waals surface area contributed by atoms with Crippen LogP contribution in [-0.4, -0.2) is 40.8 Å². The van der Waals surface area contributed by atoms with E-state index in [0.717, 1.165) is 18.0 Å². The van der Waals surface area contributed by atoms with E-state index >= 15 is 0 Å². The smallest absolute Gasteiger partial charge is 0.0653 e. The summed E-state index contributed by atoms with van der Waals surface area (Å²) in [5.74, 6) is 0.876. The topological polar surface area (TPSA) is 44.0 Å². The van der Waals surface area contributed by atoms with E-state index in [4.69, 9.17) is 0 Å². The maximum atomic E-state index is 4.06. The van der Waals surface area contributed by atoms with Crippen LogP contribution < -0.4 is 5.32 Å². The molecule has 94 valence electrons. The minimum absolute atomic E-state index is 0.691. The minimum atomic E-state index is 0.691. The lowest BCUT2D eigenvalue weighted by Crippen LogP contribution is -2.39. The largest absolute Gasteiger partial charge is 0.308 e. The monoisotopic (exact) mass is 242 g/mol. The zero-order valence-electron chi connectivity index (χ0n) is 10.4. The lowest BCUT2D eigenvalue weighted by molar-refractivity contribution is 0.315. The highest BCUT2D eigenvalue weighted by Crippen LogP contribution is 2.27. The van der Waals surface area contributed by atoms with Crippen LogP contribution in [0.5, 0.6) is 0 Å². The first-order chi connectivity index (χ1) is 8.88. The minimum Gasteiger partial charge on any atom is -0.308 e. The van der Waals surface area contributed by atoms with Crippen LogP contribution in [-0.2, 0) is 6.54 Å².